The summed E-state index contributed by atoms with van der Waals surface area (Å²) in [6.07, 6.45) is 7.02. The van der Waals surface area contributed by atoms with Crippen LogP contribution in [0.1, 0.15) is 44.9 Å². The van der Waals surface area contributed by atoms with E-state index in [1.807, 2.05) is 0 Å². The zero-order valence-corrected chi connectivity index (χ0v) is 20.7. The first kappa shape index (κ1) is 27.7. The number of piperidine rings is 1. The molecule has 12 heteroatoms. The summed E-state index contributed by atoms with van der Waals surface area (Å²) >= 11 is 0. The third-order valence-electron chi connectivity index (χ3n) is 5.63. The molecule has 178 valence electrons. The van der Waals surface area contributed by atoms with Crippen molar-refractivity contribution in [1.82, 2.24) is 19.8 Å². The molecule has 2 saturated heterocycles. The van der Waals surface area contributed by atoms with Crippen molar-refractivity contribution in [2.45, 2.75) is 50.5 Å². The molecule has 2 heterocycles. The Morgan fingerprint density at radius 2 is 1.63 bits per heavy atom. The van der Waals surface area contributed by atoms with Gasteiger partial charge in [-0.2, -0.15) is 17.5 Å². The lowest BCUT2D eigenvalue weighted by atomic mass is 9.98. The zero-order chi connectivity index (χ0) is 21.3. The van der Waals surface area contributed by atoms with E-state index in [9.17, 15) is 21.6 Å². The number of nitrogens with one attached hydrogen (secondary N) is 2. The van der Waals surface area contributed by atoms with Gasteiger partial charge in [-0.3, -0.25) is 4.99 Å². The molecule has 2 aliphatic rings. The van der Waals surface area contributed by atoms with Crippen LogP contribution in [-0.4, -0.2) is 82.0 Å². The molecule has 0 atom stereocenters. The van der Waals surface area contributed by atoms with Crippen molar-refractivity contribution in [2.75, 3.05) is 52.9 Å². The van der Waals surface area contributed by atoms with Crippen LogP contribution < -0.4 is 10.6 Å². The van der Waals surface area contributed by atoms with Crippen LogP contribution in [0.2, 0.25) is 0 Å². The van der Waals surface area contributed by atoms with Gasteiger partial charge in [0.25, 0.3) is 0 Å². The Kier molecular flexibility index (Phi) is 12.2. The molecule has 0 bridgehead atoms. The molecular weight excluding hydrogens is 534 g/mol. The molecule has 30 heavy (non-hydrogen) atoms. The van der Waals surface area contributed by atoms with E-state index in [0.29, 0.717) is 29.7 Å². The third kappa shape index (κ3) is 8.65. The Morgan fingerprint density at radius 3 is 2.17 bits per heavy atom. The SMILES string of the molecule is CN=C(NCCCN1CCCCCC1)NCC1CCN(S(=O)(=O)C(F)(F)F)CC1.I. The standard InChI is InChI=1S/C18H34F3N5O2S.HI/c1-22-17(23-9-6-12-25-10-4-2-3-5-11-25)24-15-16-7-13-26(14-8-16)29(27,28)18(19,20)21;/h16H,2-15H2,1H3,(H2,22,23,24);1H. The molecule has 0 aromatic rings. The van der Waals surface area contributed by atoms with Crippen molar-refractivity contribution in [3.8, 4) is 0 Å². The molecule has 0 aliphatic carbocycles. The molecular formula is C18H35F3IN5O2S. The molecule has 2 N–H and O–H groups in total. The summed E-state index contributed by atoms with van der Waals surface area (Å²) in [4.78, 5) is 6.69. The zero-order valence-electron chi connectivity index (χ0n) is 17.6. The van der Waals surface area contributed by atoms with Gasteiger partial charge in [-0.15, -0.1) is 24.0 Å². The second kappa shape index (κ2) is 13.3. The van der Waals surface area contributed by atoms with Crippen LogP contribution >= 0.6 is 24.0 Å². The topological polar surface area (TPSA) is 77.0 Å². The number of sulfonamides is 1. The number of hydrogen-bond donors (Lipinski definition) is 2. The van der Waals surface area contributed by atoms with Crippen molar-refractivity contribution in [3.63, 3.8) is 0 Å². The number of hydrogen-bond acceptors (Lipinski definition) is 4. The number of halogens is 4. The Labute approximate surface area is 195 Å². The summed E-state index contributed by atoms with van der Waals surface area (Å²) in [6, 6.07) is 0. The van der Waals surface area contributed by atoms with Crippen molar-refractivity contribution in [2.24, 2.45) is 10.9 Å². The second-order valence-corrected chi connectivity index (χ2v) is 9.71. The number of nitrogens with zero attached hydrogens (tertiary/aromatic N) is 3. The fourth-order valence-electron chi connectivity index (χ4n) is 3.83. The van der Waals surface area contributed by atoms with Crippen molar-refractivity contribution >= 4 is 40.0 Å². The first-order valence-electron chi connectivity index (χ1n) is 10.5. The molecule has 0 spiro atoms. The van der Waals surface area contributed by atoms with E-state index < -0.39 is 15.5 Å². The molecule has 7 nitrogen and oxygen atoms in total. The lowest BCUT2D eigenvalue weighted by Crippen LogP contribution is -2.47. The Morgan fingerprint density at radius 1 is 1.03 bits per heavy atom. The largest absolute Gasteiger partial charge is 0.511 e. The molecule has 2 aliphatic heterocycles. The second-order valence-electron chi connectivity index (χ2n) is 7.78. The van der Waals surface area contributed by atoms with Crippen LogP contribution in [0.3, 0.4) is 0 Å². The molecule has 0 aromatic heterocycles. The lowest BCUT2D eigenvalue weighted by molar-refractivity contribution is -0.0496. The maximum Gasteiger partial charge on any atom is 0.511 e. The summed E-state index contributed by atoms with van der Waals surface area (Å²) in [7, 11) is -3.53. The Balaban J connectivity index is 0.00000450. The highest BCUT2D eigenvalue weighted by molar-refractivity contribution is 14.0. The first-order valence-corrected chi connectivity index (χ1v) is 11.9. The van der Waals surface area contributed by atoms with Gasteiger partial charge in [0.1, 0.15) is 0 Å². The van der Waals surface area contributed by atoms with Crippen molar-refractivity contribution < 1.29 is 21.6 Å². The van der Waals surface area contributed by atoms with Crippen LogP contribution in [0.25, 0.3) is 0 Å². The van der Waals surface area contributed by atoms with Gasteiger partial charge in [0.05, 0.1) is 0 Å². The molecule has 2 rings (SSSR count). The van der Waals surface area contributed by atoms with E-state index in [0.717, 1.165) is 19.5 Å². The summed E-state index contributed by atoms with van der Waals surface area (Å²) in [5, 5.41) is 6.48. The summed E-state index contributed by atoms with van der Waals surface area (Å²) in [6.45, 7) is 4.58. The molecule has 2 fully saturated rings. The van der Waals surface area contributed by atoms with Gasteiger partial charge in [0.2, 0.25) is 0 Å². The van der Waals surface area contributed by atoms with Gasteiger partial charge in [-0.1, -0.05) is 12.8 Å². The Hall–Kier alpha value is -0.340. The van der Waals surface area contributed by atoms with Crippen LogP contribution in [0.5, 0.6) is 0 Å². The fourth-order valence-corrected chi connectivity index (χ4v) is 4.82. The smallest absolute Gasteiger partial charge is 0.356 e. The van der Waals surface area contributed by atoms with E-state index >= 15 is 0 Å². The predicted molar refractivity (Wildman–Crippen MR) is 124 cm³/mol. The van der Waals surface area contributed by atoms with E-state index in [2.05, 4.69) is 20.5 Å². The normalized spacial score (nSPS) is 21.0. The van der Waals surface area contributed by atoms with Gasteiger partial charge >= 0.3 is 15.5 Å². The van der Waals surface area contributed by atoms with Crippen molar-refractivity contribution in [3.05, 3.63) is 0 Å². The van der Waals surface area contributed by atoms with Gasteiger partial charge in [-0.25, -0.2) is 8.42 Å². The molecule has 0 aromatic carbocycles. The van der Waals surface area contributed by atoms with Crippen LogP contribution in [0, 0.1) is 5.92 Å². The number of guanidine groups is 1. The summed E-state index contributed by atoms with van der Waals surface area (Å²) in [5.74, 6) is 0.788. The number of likely N-dealkylation sites (tertiary alicyclic amines) is 1. The molecule has 0 amide bonds. The average Bonchev–Trinajstić information content (AvgIpc) is 2.96. The van der Waals surface area contributed by atoms with Crippen LogP contribution in [0.15, 0.2) is 4.99 Å². The number of rotatable bonds is 7. The van der Waals surface area contributed by atoms with Crippen LogP contribution in [-0.2, 0) is 10.0 Å². The lowest BCUT2D eigenvalue weighted by Gasteiger charge is -2.31. The highest BCUT2D eigenvalue weighted by atomic mass is 127. The number of aliphatic imine (C=N–C) groups is 1. The predicted octanol–water partition coefficient (Wildman–Crippen LogP) is 2.60. The highest BCUT2D eigenvalue weighted by Crippen LogP contribution is 2.30. The summed E-state index contributed by atoms with van der Waals surface area (Å²) < 4.78 is 61.4. The van der Waals surface area contributed by atoms with Crippen LogP contribution in [0.4, 0.5) is 13.2 Å². The molecule has 0 saturated carbocycles. The minimum absolute atomic E-state index is 0. The first-order chi connectivity index (χ1) is 13.7. The minimum atomic E-state index is -5.22. The Bertz CT molecular complexity index is 618. The van der Waals surface area contributed by atoms with E-state index in [4.69, 9.17) is 0 Å². The van der Waals surface area contributed by atoms with E-state index in [1.54, 1.807) is 7.05 Å². The minimum Gasteiger partial charge on any atom is -0.356 e. The average molecular weight is 569 g/mol. The quantitative estimate of drug-likeness (QED) is 0.214. The van der Waals surface area contributed by atoms with Gasteiger partial charge in [0, 0.05) is 33.2 Å². The third-order valence-corrected chi connectivity index (χ3v) is 7.26. The van der Waals surface area contributed by atoms with E-state index in [-0.39, 0.29) is 43.0 Å². The number of alkyl halides is 3. The molecule has 0 radical (unpaired) electrons. The highest BCUT2D eigenvalue weighted by Gasteiger charge is 2.50. The van der Waals surface area contributed by atoms with Gasteiger partial charge < -0.3 is 15.5 Å². The van der Waals surface area contributed by atoms with E-state index in [1.165, 1.54) is 38.8 Å². The van der Waals surface area contributed by atoms with Gasteiger partial charge in [-0.05, 0) is 57.7 Å². The summed E-state index contributed by atoms with van der Waals surface area (Å²) in [5.41, 5.74) is -5.22. The maximum absolute atomic E-state index is 12.6. The fraction of sp³-hybridized carbons (Fsp3) is 0.944. The maximum atomic E-state index is 12.6. The monoisotopic (exact) mass is 569 g/mol. The van der Waals surface area contributed by atoms with Crippen molar-refractivity contribution in [1.29, 1.82) is 0 Å². The van der Waals surface area contributed by atoms with Gasteiger partial charge in [0.15, 0.2) is 5.96 Å². The molecule has 0 unspecified atom stereocenters.